The summed E-state index contributed by atoms with van der Waals surface area (Å²) >= 11 is 17.2. The first-order chi connectivity index (χ1) is 18.3. The van der Waals surface area contributed by atoms with E-state index in [9.17, 15) is 31.2 Å². The van der Waals surface area contributed by atoms with Crippen LogP contribution in [0.4, 0.5) is 13.2 Å². The van der Waals surface area contributed by atoms with Gasteiger partial charge in [0, 0.05) is 18.1 Å². The number of rotatable bonds is 7. The zero-order chi connectivity index (χ0) is 28.5. The molecule has 2 amide bonds. The van der Waals surface area contributed by atoms with Crippen molar-refractivity contribution in [2.45, 2.75) is 18.0 Å². The summed E-state index contributed by atoms with van der Waals surface area (Å²) in [6, 6.07) is 14.2. The lowest BCUT2D eigenvalue weighted by Crippen LogP contribution is -2.53. The van der Waals surface area contributed by atoms with Gasteiger partial charge in [-0.2, -0.15) is 21.6 Å². The highest BCUT2D eigenvalue weighted by Gasteiger charge is 2.49. The molecule has 39 heavy (non-hydrogen) atoms. The lowest BCUT2D eigenvalue weighted by Gasteiger charge is -2.25. The molecular weight excluding hydrogens is 602 g/mol. The highest BCUT2D eigenvalue weighted by atomic mass is 35.5. The summed E-state index contributed by atoms with van der Waals surface area (Å²) in [7, 11) is -6.04. The van der Waals surface area contributed by atoms with Gasteiger partial charge in [0.05, 0.1) is 10.0 Å². The Balaban J connectivity index is 1.63. The van der Waals surface area contributed by atoms with E-state index in [1.807, 2.05) is 0 Å². The van der Waals surface area contributed by atoms with Gasteiger partial charge in [0.25, 0.3) is 11.8 Å². The van der Waals surface area contributed by atoms with Gasteiger partial charge >= 0.3 is 15.5 Å². The lowest BCUT2D eigenvalue weighted by atomic mass is 10.0. The Morgan fingerprint density at radius 1 is 1.10 bits per heavy atom. The molecule has 8 nitrogen and oxygen atoms in total. The Bertz CT molecular complexity index is 1590. The van der Waals surface area contributed by atoms with Crippen molar-refractivity contribution in [1.82, 2.24) is 14.9 Å². The van der Waals surface area contributed by atoms with Gasteiger partial charge in [-0.15, -0.1) is 0 Å². The standard InChI is InChI=1S/C24H16Cl2F3N3O5S2/c25-16-8-6-14(11-17(16)26)20-9-7-15(37-20)12-18-22(34)32(23(38)30-18)19(10-13-4-2-1-3-5-13)21(33)31-39(35,36)24(27,28)29/h1-9,11-12,19H,10H2,(H,30,38)(H,31,33)/b18-12+. The summed E-state index contributed by atoms with van der Waals surface area (Å²) in [6.45, 7) is 0. The second kappa shape index (κ2) is 11.0. The molecule has 0 bridgehead atoms. The van der Waals surface area contributed by atoms with Gasteiger partial charge in [-0.1, -0.05) is 53.5 Å². The van der Waals surface area contributed by atoms with Crippen LogP contribution in [0.25, 0.3) is 17.4 Å². The predicted molar refractivity (Wildman–Crippen MR) is 142 cm³/mol. The molecule has 4 rings (SSSR count). The van der Waals surface area contributed by atoms with E-state index in [-0.39, 0.29) is 23.0 Å². The Hall–Kier alpha value is -3.39. The summed E-state index contributed by atoms with van der Waals surface area (Å²) in [5, 5.41) is 2.93. The van der Waals surface area contributed by atoms with Gasteiger partial charge < -0.3 is 9.73 Å². The number of nitrogens with one attached hydrogen (secondary N) is 2. The first-order valence-corrected chi connectivity index (χ1v) is 13.5. The number of hydrogen-bond donors (Lipinski definition) is 2. The van der Waals surface area contributed by atoms with Crippen LogP contribution < -0.4 is 10.0 Å². The molecule has 1 aromatic heterocycles. The third-order valence-corrected chi connectivity index (χ3v) is 7.57. The average molecular weight is 618 g/mol. The van der Waals surface area contributed by atoms with E-state index in [0.717, 1.165) is 9.62 Å². The van der Waals surface area contributed by atoms with Crippen molar-refractivity contribution >= 4 is 68.4 Å². The summed E-state index contributed by atoms with van der Waals surface area (Å²) in [4.78, 5) is 26.8. The molecule has 1 atom stereocenters. The quantitative estimate of drug-likeness (QED) is 0.287. The smallest absolute Gasteiger partial charge is 0.457 e. The van der Waals surface area contributed by atoms with Crippen LogP contribution in [0.5, 0.6) is 0 Å². The van der Waals surface area contributed by atoms with E-state index in [4.69, 9.17) is 39.8 Å². The highest BCUT2D eigenvalue weighted by molar-refractivity contribution is 7.90. The molecule has 1 saturated heterocycles. The number of sulfonamides is 1. The molecule has 2 aromatic carbocycles. The monoisotopic (exact) mass is 617 g/mol. The fourth-order valence-corrected chi connectivity index (χ4v) is 4.74. The Morgan fingerprint density at radius 3 is 2.44 bits per heavy atom. The maximum Gasteiger partial charge on any atom is 0.516 e. The van der Waals surface area contributed by atoms with Crippen molar-refractivity contribution in [3.05, 3.63) is 87.7 Å². The van der Waals surface area contributed by atoms with Gasteiger partial charge in [0.2, 0.25) is 0 Å². The maximum atomic E-state index is 13.3. The van der Waals surface area contributed by atoms with Crippen LogP contribution in [-0.2, 0) is 26.0 Å². The van der Waals surface area contributed by atoms with Crippen LogP contribution in [-0.4, -0.2) is 41.8 Å². The number of hydrogen-bond acceptors (Lipinski definition) is 6. The molecule has 0 aliphatic carbocycles. The summed E-state index contributed by atoms with van der Waals surface area (Å²) < 4.78 is 68.8. The van der Waals surface area contributed by atoms with Gasteiger partial charge in [-0.05, 0) is 48.1 Å². The number of amides is 2. The molecular formula is C24H16Cl2F3N3O5S2. The van der Waals surface area contributed by atoms with Crippen molar-refractivity contribution in [3.63, 3.8) is 0 Å². The predicted octanol–water partition coefficient (Wildman–Crippen LogP) is 4.89. The molecule has 2 N–H and O–H groups in total. The molecule has 15 heteroatoms. The molecule has 0 radical (unpaired) electrons. The van der Waals surface area contributed by atoms with Crippen LogP contribution >= 0.6 is 35.4 Å². The van der Waals surface area contributed by atoms with Gasteiger partial charge in [-0.3, -0.25) is 14.5 Å². The van der Waals surface area contributed by atoms with Gasteiger partial charge in [-0.25, -0.2) is 4.72 Å². The van der Waals surface area contributed by atoms with Gasteiger partial charge in [0.1, 0.15) is 23.3 Å². The normalized spacial score (nSPS) is 15.9. The van der Waals surface area contributed by atoms with Crippen molar-refractivity contribution in [1.29, 1.82) is 0 Å². The zero-order valence-electron chi connectivity index (χ0n) is 19.3. The second-order valence-electron chi connectivity index (χ2n) is 8.12. The van der Waals surface area contributed by atoms with Crippen molar-refractivity contribution in [2.75, 3.05) is 0 Å². The number of furan rings is 1. The zero-order valence-corrected chi connectivity index (χ0v) is 22.5. The molecule has 1 unspecified atom stereocenters. The van der Waals surface area contributed by atoms with Crippen LogP contribution in [0.1, 0.15) is 11.3 Å². The fraction of sp³-hybridized carbons (Fsp3) is 0.125. The second-order valence-corrected chi connectivity index (χ2v) is 11.0. The van der Waals surface area contributed by atoms with Crippen LogP contribution in [0.2, 0.25) is 10.0 Å². The molecule has 1 aliphatic heterocycles. The Morgan fingerprint density at radius 2 is 1.79 bits per heavy atom. The van der Waals surface area contributed by atoms with Crippen molar-refractivity contribution < 1.29 is 35.6 Å². The number of carbonyl (C=O) groups excluding carboxylic acids is 2. The molecule has 0 spiro atoms. The van der Waals surface area contributed by atoms with Gasteiger partial charge in [0.15, 0.2) is 5.11 Å². The Labute approximate surface area is 235 Å². The first-order valence-electron chi connectivity index (χ1n) is 10.8. The Kier molecular flexibility index (Phi) is 8.07. The lowest BCUT2D eigenvalue weighted by molar-refractivity contribution is -0.132. The SMILES string of the molecule is O=C(NS(=O)(=O)C(F)(F)F)C(Cc1ccccc1)N1C(=O)/C(=C\c2ccc(-c3ccc(Cl)c(Cl)c3)o2)NC1=S. The van der Waals surface area contributed by atoms with E-state index in [2.05, 4.69) is 5.32 Å². The van der Waals surface area contributed by atoms with E-state index >= 15 is 0 Å². The maximum absolute atomic E-state index is 13.3. The third-order valence-electron chi connectivity index (χ3n) is 5.45. The number of halogens is 5. The van der Waals surface area contributed by atoms with E-state index in [1.165, 1.54) is 12.1 Å². The minimum atomic E-state index is -6.04. The van der Waals surface area contributed by atoms with E-state index in [0.29, 0.717) is 26.9 Å². The number of nitrogens with zero attached hydrogens (tertiary/aromatic N) is 1. The largest absolute Gasteiger partial charge is 0.516 e. The number of thiocarbonyl (C=S) groups is 1. The number of carbonyl (C=O) groups is 2. The highest BCUT2D eigenvalue weighted by Crippen LogP contribution is 2.30. The topological polar surface area (TPSA) is 109 Å². The third kappa shape index (κ3) is 6.27. The summed E-state index contributed by atoms with van der Waals surface area (Å²) in [6.07, 6.45) is 0.947. The minimum absolute atomic E-state index is 0.153. The first kappa shape index (κ1) is 28.6. The molecule has 0 saturated carbocycles. The van der Waals surface area contributed by atoms with Crippen molar-refractivity contribution in [3.8, 4) is 11.3 Å². The minimum Gasteiger partial charge on any atom is -0.457 e. The van der Waals surface area contributed by atoms with Crippen molar-refractivity contribution in [2.24, 2.45) is 0 Å². The molecule has 3 aromatic rings. The molecule has 2 heterocycles. The molecule has 204 valence electrons. The summed E-state index contributed by atoms with van der Waals surface area (Å²) in [5.74, 6) is -1.88. The van der Waals surface area contributed by atoms with Crippen LogP contribution in [0, 0.1) is 0 Å². The summed E-state index contributed by atoms with van der Waals surface area (Å²) in [5.41, 5.74) is -4.86. The van der Waals surface area contributed by atoms with Crippen LogP contribution in [0.15, 0.2) is 70.8 Å². The fourth-order valence-electron chi connectivity index (χ4n) is 3.61. The van der Waals surface area contributed by atoms with E-state index in [1.54, 1.807) is 54.6 Å². The molecule has 1 fully saturated rings. The number of alkyl halides is 3. The van der Waals surface area contributed by atoms with E-state index < -0.39 is 33.4 Å². The van der Waals surface area contributed by atoms with Crippen LogP contribution in [0.3, 0.4) is 0 Å². The average Bonchev–Trinajstić information content (AvgIpc) is 3.43. The number of benzene rings is 2. The molecule has 1 aliphatic rings.